The van der Waals surface area contributed by atoms with Crippen molar-refractivity contribution in [1.29, 1.82) is 0 Å². The molecule has 0 amide bonds. The van der Waals surface area contributed by atoms with Crippen molar-refractivity contribution < 1.29 is 13.5 Å². The summed E-state index contributed by atoms with van der Waals surface area (Å²) in [4.78, 5) is -0.0597. The fraction of sp³-hybridized carbons (Fsp3) is 0.500. The van der Waals surface area contributed by atoms with Crippen molar-refractivity contribution in [3.63, 3.8) is 0 Å². The Bertz CT molecular complexity index is 443. The summed E-state index contributed by atoms with van der Waals surface area (Å²) in [6.45, 7) is 2.52. The predicted octanol–water partition coefficient (Wildman–Crippen LogP) is 2.25. The summed E-state index contributed by atoms with van der Waals surface area (Å²) in [6, 6.07) is 5.94. The number of nitrogens with one attached hydrogen (secondary N) is 1. The van der Waals surface area contributed by atoms with Crippen LogP contribution >= 0.6 is 0 Å². The lowest BCUT2D eigenvalue weighted by molar-refractivity contribution is 0.458. The summed E-state index contributed by atoms with van der Waals surface area (Å²) in [5.41, 5.74) is 0. The Morgan fingerprint density at radius 1 is 1.18 bits per heavy atom. The zero-order valence-corrected chi connectivity index (χ0v) is 10.8. The molecule has 0 spiro atoms. The van der Waals surface area contributed by atoms with E-state index < -0.39 is 10.0 Å². The number of rotatable bonds is 7. The van der Waals surface area contributed by atoms with Gasteiger partial charge in [0.05, 0.1) is 0 Å². The first-order valence-corrected chi connectivity index (χ1v) is 7.34. The van der Waals surface area contributed by atoms with E-state index in [0.29, 0.717) is 6.54 Å². The van der Waals surface area contributed by atoms with E-state index >= 15 is 0 Å². The van der Waals surface area contributed by atoms with Gasteiger partial charge in [-0.15, -0.1) is 0 Å². The average Bonchev–Trinajstić information content (AvgIpc) is 2.29. The Morgan fingerprint density at radius 3 is 2.53 bits per heavy atom. The quantitative estimate of drug-likeness (QED) is 0.736. The molecule has 0 heterocycles. The number of para-hydroxylation sites is 1. The lowest BCUT2D eigenvalue weighted by Gasteiger charge is -2.07. The van der Waals surface area contributed by atoms with Gasteiger partial charge in [-0.1, -0.05) is 38.3 Å². The number of hydrogen-bond acceptors (Lipinski definition) is 3. The van der Waals surface area contributed by atoms with Crippen molar-refractivity contribution in [1.82, 2.24) is 4.72 Å². The van der Waals surface area contributed by atoms with Gasteiger partial charge < -0.3 is 5.11 Å². The molecule has 96 valence electrons. The highest BCUT2D eigenvalue weighted by atomic mass is 32.2. The maximum Gasteiger partial charge on any atom is 0.244 e. The van der Waals surface area contributed by atoms with E-state index in [2.05, 4.69) is 11.6 Å². The third kappa shape index (κ3) is 4.36. The summed E-state index contributed by atoms with van der Waals surface area (Å²) in [5.74, 6) is -0.214. The first-order chi connectivity index (χ1) is 8.08. The van der Waals surface area contributed by atoms with Crippen LogP contribution in [-0.4, -0.2) is 20.1 Å². The van der Waals surface area contributed by atoms with E-state index in [1.54, 1.807) is 12.1 Å². The van der Waals surface area contributed by atoms with Gasteiger partial charge in [-0.2, -0.15) is 0 Å². The molecule has 17 heavy (non-hydrogen) atoms. The second-order valence-corrected chi connectivity index (χ2v) is 5.66. The van der Waals surface area contributed by atoms with Crippen molar-refractivity contribution in [2.75, 3.05) is 6.54 Å². The van der Waals surface area contributed by atoms with Gasteiger partial charge in [0, 0.05) is 6.54 Å². The Balaban J connectivity index is 2.55. The fourth-order valence-electron chi connectivity index (χ4n) is 1.52. The summed E-state index contributed by atoms with van der Waals surface area (Å²) >= 11 is 0. The van der Waals surface area contributed by atoms with Crippen LogP contribution in [0.5, 0.6) is 5.75 Å². The molecule has 0 saturated carbocycles. The van der Waals surface area contributed by atoms with E-state index in [4.69, 9.17) is 0 Å². The maximum absolute atomic E-state index is 11.8. The molecule has 0 aliphatic rings. The molecule has 0 saturated heterocycles. The fourth-order valence-corrected chi connectivity index (χ4v) is 2.69. The monoisotopic (exact) mass is 257 g/mol. The summed E-state index contributed by atoms with van der Waals surface area (Å²) < 4.78 is 26.1. The van der Waals surface area contributed by atoms with E-state index in [9.17, 15) is 13.5 Å². The Morgan fingerprint density at radius 2 is 1.88 bits per heavy atom. The highest BCUT2D eigenvalue weighted by Crippen LogP contribution is 2.20. The molecule has 0 fully saturated rings. The smallest absolute Gasteiger partial charge is 0.244 e. The zero-order chi connectivity index (χ0) is 12.7. The lowest BCUT2D eigenvalue weighted by Crippen LogP contribution is -2.24. The molecule has 0 radical (unpaired) electrons. The first kappa shape index (κ1) is 14.0. The van der Waals surface area contributed by atoms with Gasteiger partial charge in [0.25, 0.3) is 0 Å². The zero-order valence-electron chi connectivity index (χ0n) is 10.0. The van der Waals surface area contributed by atoms with Gasteiger partial charge in [-0.05, 0) is 18.6 Å². The summed E-state index contributed by atoms with van der Waals surface area (Å²) in [7, 11) is -3.58. The van der Waals surface area contributed by atoms with Gasteiger partial charge in [-0.3, -0.25) is 0 Å². The number of aromatic hydroxyl groups is 1. The minimum Gasteiger partial charge on any atom is -0.507 e. The molecule has 2 N–H and O–H groups in total. The van der Waals surface area contributed by atoms with Crippen molar-refractivity contribution >= 4 is 10.0 Å². The molecule has 0 atom stereocenters. The number of phenols is 1. The molecular formula is C12H19NO3S. The summed E-state index contributed by atoms with van der Waals surface area (Å²) in [6.07, 6.45) is 4.06. The Hall–Kier alpha value is -1.07. The van der Waals surface area contributed by atoms with Crippen molar-refractivity contribution in [3.05, 3.63) is 24.3 Å². The molecule has 5 heteroatoms. The van der Waals surface area contributed by atoms with E-state index in [0.717, 1.165) is 25.7 Å². The van der Waals surface area contributed by atoms with Crippen LogP contribution in [0.1, 0.15) is 32.6 Å². The van der Waals surface area contributed by atoms with Crippen molar-refractivity contribution in [3.8, 4) is 5.75 Å². The molecule has 4 nitrogen and oxygen atoms in total. The maximum atomic E-state index is 11.8. The summed E-state index contributed by atoms with van der Waals surface area (Å²) in [5, 5.41) is 9.47. The van der Waals surface area contributed by atoms with Crippen LogP contribution < -0.4 is 4.72 Å². The largest absolute Gasteiger partial charge is 0.507 e. The normalized spacial score (nSPS) is 11.6. The molecule has 0 bridgehead atoms. The second kappa shape index (κ2) is 6.61. The SMILES string of the molecule is CCCCCCNS(=O)(=O)c1ccccc1O. The highest BCUT2D eigenvalue weighted by Gasteiger charge is 2.16. The molecule has 0 aliphatic carbocycles. The highest BCUT2D eigenvalue weighted by molar-refractivity contribution is 7.89. The van der Waals surface area contributed by atoms with Gasteiger partial charge >= 0.3 is 0 Å². The van der Waals surface area contributed by atoms with E-state index in [-0.39, 0.29) is 10.6 Å². The first-order valence-electron chi connectivity index (χ1n) is 5.85. The standard InChI is InChI=1S/C12H19NO3S/c1-2-3-4-7-10-13-17(15,16)12-9-6-5-8-11(12)14/h5-6,8-9,13-14H,2-4,7,10H2,1H3. The van der Waals surface area contributed by atoms with E-state index in [1.807, 2.05) is 0 Å². The number of unbranched alkanes of at least 4 members (excludes halogenated alkanes) is 3. The predicted molar refractivity (Wildman–Crippen MR) is 67.4 cm³/mol. The molecule has 1 rings (SSSR count). The number of sulfonamides is 1. The van der Waals surface area contributed by atoms with Crippen molar-refractivity contribution in [2.45, 2.75) is 37.5 Å². The number of hydrogen-bond donors (Lipinski definition) is 2. The van der Waals surface area contributed by atoms with E-state index in [1.165, 1.54) is 12.1 Å². The number of phenolic OH excluding ortho intramolecular Hbond substituents is 1. The third-order valence-corrected chi connectivity index (χ3v) is 3.99. The molecule has 0 unspecified atom stereocenters. The van der Waals surface area contributed by atoms with Crippen LogP contribution in [0.3, 0.4) is 0 Å². The van der Waals surface area contributed by atoms with Crippen LogP contribution in [0.4, 0.5) is 0 Å². The Kier molecular flexibility index (Phi) is 5.44. The molecular weight excluding hydrogens is 238 g/mol. The van der Waals surface area contributed by atoms with Gasteiger partial charge in [0.15, 0.2) is 0 Å². The minimum atomic E-state index is -3.58. The van der Waals surface area contributed by atoms with Crippen LogP contribution in [0.25, 0.3) is 0 Å². The topological polar surface area (TPSA) is 66.4 Å². The molecule has 0 aromatic heterocycles. The minimum absolute atomic E-state index is 0.0597. The lowest BCUT2D eigenvalue weighted by atomic mass is 10.2. The molecule has 0 aliphatic heterocycles. The van der Waals surface area contributed by atoms with Crippen molar-refractivity contribution in [2.24, 2.45) is 0 Å². The second-order valence-electron chi connectivity index (χ2n) is 3.93. The average molecular weight is 257 g/mol. The van der Waals surface area contributed by atoms with Crippen LogP contribution in [0.2, 0.25) is 0 Å². The van der Waals surface area contributed by atoms with Gasteiger partial charge in [-0.25, -0.2) is 13.1 Å². The molecule has 1 aromatic carbocycles. The number of benzene rings is 1. The molecule has 1 aromatic rings. The van der Waals surface area contributed by atoms with Crippen LogP contribution in [0, 0.1) is 0 Å². The van der Waals surface area contributed by atoms with Crippen LogP contribution in [0.15, 0.2) is 29.2 Å². The van der Waals surface area contributed by atoms with Crippen LogP contribution in [-0.2, 0) is 10.0 Å². The third-order valence-electron chi connectivity index (χ3n) is 2.48. The van der Waals surface area contributed by atoms with Gasteiger partial charge in [0.2, 0.25) is 10.0 Å². The van der Waals surface area contributed by atoms with Gasteiger partial charge in [0.1, 0.15) is 10.6 Å². The Labute approximate surface area is 103 Å².